The summed E-state index contributed by atoms with van der Waals surface area (Å²) in [6.07, 6.45) is 0.694. The molecule has 0 aliphatic carbocycles. The fourth-order valence-electron chi connectivity index (χ4n) is 1.66. The predicted molar refractivity (Wildman–Crippen MR) is 73.8 cm³/mol. The van der Waals surface area contributed by atoms with Gasteiger partial charge in [0.1, 0.15) is 11.9 Å². The number of ether oxygens (including phenoxy) is 1. The zero-order valence-corrected chi connectivity index (χ0v) is 11.8. The maximum atomic E-state index is 13.4. The van der Waals surface area contributed by atoms with Crippen LogP contribution in [-0.4, -0.2) is 25.2 Å². The Balaban J connectivity index is 2.72. The van der Waals surface area contributed by atoms with Crippen LogP contribution in [0.1, 0.15) is 20.3 Å². The minimum Gasteiger partial charge on any atom is -0.467 e. The van der Waals surface area contributed by atoms with E-state index < -0.39 is 23.9 Å². The van der Waals surface area contributed by atoms with Crippen molar-refractivity contribution in [3.8, 4) is 0 Å². The second-order valence-electron chi connectivity index (χ2n) is 4.46. The van der Waals surface area contributed by atoms with E-state index in [-0.39, 0.29) is 11.6 Å². The average Bonchev–Trinajstić information content (AvgIpc) is 2.45. The molecule has 0 fully saturated rings. The number of benzene rings is 1. The van der Waals surface area contributed by atoms with Gasteiger partial charge >= 0.3 is 12.0 Å². The average molecular weight is 282 g/mol. The van der Waals surface area contributed by atoms with Crippen LogP contribution in [0.3, 0.4) is 0 Å². The van der Waals surface area contributed by atoms with E-state index in [1.165, 1.54) is 25.3 Å². The van der Waals surface area contributed by atoms with Crippen molar-refractivity contribution in [1.29, 1.82) is 0 Å². The first-order valence-electron chi connectivity index (χ1n) is 6.39. The highest BCUT2D eigenvalue weighted by atomic mass is 19.1. The molecule has 2 amide bonds. The summed E-state index contributed by atoms with van der Waals surface area (Å²) in [5.74, 6) is -1.15. The third kappa shape index (κ3) is 4.22. The molecule has 0 spiro atoms. The highest BCUT2D eigenvalue weighted by Gasteiger charge is 2.26. The highest BCUT2D eigenvalue weighted by molar-refractivity contribution is 5.92. The molecule has 0 saturated heterocycles. The van der Waals surface area contributed by atoms with Gasteiger partial charge in [0.25, 0.3) is 0 Å². The summed E-state index contributed by atoms with van der Waals surface area (Å²) in [6, 6.07) is 4.38. The van der Waals surface area contributed by atoms with Crippen molar-refractivity contribution in [3.05, 3.63) is 30.1 Å². The SMILES string of the molecule is CCC(C)[C@H](NC(=O)Nc1ccccc1F)C(=O)OC. The molecular weight excluding hydrogens is 263 g/mol. The van der Waals surface area contributed by atoms with Crippen LogP contribution in [0, 0.1) is 11.7 Å². The molecule has 0 aliphatic rings. The molecule has 2 atom stereocenters. The lowest BCUT2D eigenvalue weighted by Gasteiger charge is -2.22. The second-order valence-corrected chi connectivity index (χ2v) is 4.46. The molecule has 0 aliphatic heterocycles. The van der Waals surface area contributed by atoms with E-state index in [0.29, 0.717) is 6.42 Å². The van der Waals surface area contributed by atoms with Crippen molar-refractivity contribution in [3.63, 3.8) is 0 Å². The second kappa shape index (κ2) is 7.47. The first kappa shape index (κ1) is 15.9. The van der Waals surface area contributed by atoms with Crippen LogP contribution >= 0.6 is 0 Å². The molecule has 1 aromatic rings. The van der Waals surface area contributed by atoms with Gasteiger partial charge in [-0.15, -0.1) is 0 Å². The van der Waals surface area contributed by atoms with Crippen molar-refractivity contribution in [2.45, 2.75) is 26.3 Å². The fourth-order valence-corrected chi connectivity index (χ4v) is 1.66. The summed E-state index contributed by atoms with van der Waals surface area (Å²) in [4.78, 5) is 23.4. The number of rotatable bonds is 5. The van der Waals surface area contributed by atoms with Crippen LogP contribution in [-0.2, 0) is 9.53 Å². The summed E-state index contributed by atoms with van der Waals surface area (Å²) in [7, 11) is 1.26. The van der Waals surface area contributed by atoms with Crippen LogP contribution in [0.2, 0.25) is 0 Å². The summed E-state index contributed by atoms with van der Waals surface area (Å²) in [5.41, 5.74) is 0.0535. The Morgan fingerprint density at radius 2 is 2.00 bits per heavy atom. The molecule has 0 radical (unpaired) electrons. The number of para-hydroxylation sites is 1. The molecule has 0 aromatic heterocycles. The monoisotopic (exact) mass is 282 g/mol. The Labute approximate surface area is 117 Å². The van der Waals surface area contributed by atoms with Gasteiger partial charge in [0.2, 0.25) is 0 Å². The Morgan fingerprint density at radius 1 is 1.35 bits per heavy atom. The lowest BCUT2D eigenvalue weighted by molar-refractivity contribution is -0.144. The standard InChI is InChI=1S/C14H19FN2O3/c1-4-9(2)12(13(18)20-3)17-14(19)16-11-8-6-5-7-10(11)15/h5-9,12H,4H2,1-3H3,(H2,16,17,19)/t9?,12-/m0/s1. The Hall–Kier alpha value is -2.11. The smallest absolute Gasteiger partial charge is 0.328 e. The lowest BCUT2D eigenvalue weighted by Crippen LogP contribution is -2.47. The molecule has 1 rings (SSSR count). The van der Waals surface area contributed by atoms with E-state index in [4.69, 9.17) is 0 Å². The molecule has 6 heteroatoms. The summed E-state index contributed by atoms with van der Waals surface area (Å²) < 4.78 is 18.1. The van der Waals surface area contributed by atoms with Crippen molar-refractivity contribution in [1.82, 2.24) is 5.32 Å². The number of amides is 2. The van der Waals surface area contributed by atoms with Gasteiger partial charge in [0, 0.05) is 0 Å². The van der Waals surface area contributed by atoms with E-state index >= 15 is 0 Å². The van der Waals surface area contributed by atoms with Crippen LogP contribution < -0.4 is 10.6 Å². The summed E-state index contributed by atoms with van der Waals surface area (Å²) >= 11 is 0. The molecular formula is C14H19FN2O3. The fraction of sp³-hybridized carbons (Fsp3) is 0.429. The molecule has 0 bridgehead atoms. The van der Waals surface area contributed by atoms with Gasteiger partial charge in [0.15, 0.2) is 0 Å². The van der Waals surface area contributed by atoms with E-state index in [0.717, 1.165) is 0 Å². The van der Waals surface area contributed by atoms with E-state index in [1.807, 2.05) is 13.8 Å². The number of carbonyl (C=O) groups is 2. The number of methoxy groups -OCH3 is 1. The normalized spacial score (nSPS) is 13.2. The lowest BCUT2D eigenvalue weighted by atomic mass is 9.99. The third-order valence-electron chi connectivity index (χ3n) is 3.08. The van der Waals surface area contributed by atoms with Gasteiger partial charge in [-0.3, -0.25) is 0 Å². The zero-order chi connectivity index (χ0) is 15.1. The summed E-state index contributed by atoms with van der Waals surface area (Å²) in [6.45, 7) is 3.72. The molecule has 2 N–H and O–H groups in total. The van der Waals surface area contributed by atoms with Gasteiger partial charge in [-0.2, -0.15) is 0 Å². The number of urea groups is 1. The van der Waals surface area contributed by atoms with Crippen LogP contribution in [0.4, 0.5) is 14.9 Å². The molecule has 0 heterocycles. The maximum absolute atomic E-state index is 13.4. The van der Waals surface area contributed by atoms with Gasteiger partial charge in [-0.05, 0) is 18.1 Å². The molecule has 1 aromatic carbocycles. The van der Waals surface area contributed by atoms with Gasteiger partial charge in [-0.1, -0.05) is 32.4 Å². The van der Waals surface area contributed by atoms with Gasteiger partial charge in [0.05, 0.1) is 12.8 Å². The number of hydrogen-bond acceptors (Lipinski definition) is 3. The quantitative estimate of drug-likeness (QED) is 0.815. The molecule has 0 saturated carbocycles. The van der Waals surface area contributed by atoms with Crippen molar-refractivity contribution >= 4 is 17.7 Å². The number of nitrogens with one attached hydrogen (secondary N) is 2. The number of esters is 1. The minimum atomic E-state index is -0.767. The largest absolute Gasteiger partial charge is 0.467 e. The first-order valence-corrected chi connectivity index (χ1v) is 6.39. The van der Waals surface area contributed by atoms with Crippen molar-refractivity contribution in [2.24, 2.45) is 5.92 Å². The number of carbonyl (C=O) groups excluding carboxylic acids is 2. The van der Waals surface area contributed by atoms with E-state index in [9.17, 15) is 14.0 Å². The molecule has 110 valence electrons. The van der Waals surface area contributed by atoms with E-state index in [1.54, 1.807) is 6.07 Å². The molecule has 5 nitrogen and oxygen atoms in total. The number of halogens is 1. The topological polar surface area (TPSA) is 67.4 Å². The van der Waals surface area contributed by atoms with E-state index in [2.05, 4.69) is 15.4 Å². The Bertz CT molecular complexity index is 479. The predicted octanol–water partition coefficient (Wildman–Crippen LogP) is 2.53. The number of hydrogen-bond donors (Lipinski definition) is 2. The van der Waals surface area contributed by atoms with Crippen molar-refractivity contribution in [2.75, 3.05) is 12.4 Å². The van der Waals surface area contributed by atoms with Gasteiger partial charge in [-0.25, -0.2) is 14.0 Å². The Morgan fingerprint density at radius 3 is 2.55 bits per heavy atom. The minimum absolute atomic E-state index is 0.0535. The van der Waals surface area contributed by atoms with Crippen LogP contribution in [0.5, 0.6) is 0 Å². The molecule has 1 unspecified atom stereocenters. The summed E-state index contributed by atoms with van der Waals surface area (Å²) in [5, 5.41) is 4.87. The molecule has 20 heavy (non-hydrogen) atoms. The third-order valence-corrected chi connectivity index (χ3v) is 3.08. The highest BCUT2D eigenvalue weighted by Crippen LogP contribution is 2.13. The maximum Gasteiger partial charge on any atom is 0.328 e. The Kier molecular flexibility index (Phi) is 5.96. The van der Waals surface area contributed by atoms with Crippen LogP contribution in [0.25, 0.3) is 0 Å². The van der Waals surface area contributed by atoms with Gasteiger partial charge < -0.3 is 15.4 Å². The first-order chi connectivity index (χ1) is 9.49. The van der Waals surface area contributed by atoms with Crippen molar-refractivity contribution < 1.29 is 18.7 Å². The number of anilines is 1. The van der Waals surface area contributed by atoms with Crippen LogP contribution in [0.15, 0.2) is 24.3 Å². The zero-order valence-electron chi connectivity index (χ0n) is 11.8.